The molecule has 3 aromatic rings. The summed E-state index contributed by atoms with van der Waals surface area (Å²) in [6.07, 6.45) is 2.86. The van der Waals surface area contributed by atoms with Gasteiger partial charge < -0.3 is 10.1 Å². The molecule has 3 nitrogen and oxygen atoms in total. The third-order valence-electron chi connectivity index (χ3n) is 3.47. The maximum atomic E-state index is 5.33. The summed E-state index contributed by atoms with van der Waals surface area (Å²) in [4.78, 5) is 5.55. The first-order valence-corrected chi connectivity index (χ1v) is 7.80. The third kappa shape index (κ3) is 3.16. The van der Waals surface area contributed by atoms with Gasteiger partial charge in [-0.2, -0.15) is 0 Å². The molecule has 0 unspecified atom stereocenters. The molecule has 0 amide bonds. The van der Waals surface area contributed by atoms with Crippen LogP contribution >= 0.6 is 11.3 Å². The molecule has 0 fully saturated rings. The quantitative estimate of drug-likeness (QED) is 0.764. The maximum absolute atomic E-state index is 5.33. The third-order valence-corrected chi connectivity index (χ3v) is 4.34. The Hall–Kier alpha value is -2.07. The van der Waals surface area contributed by atoms with Crippen LogP contribution in [0.5, 0.6) is 5.75 Å². The number of ether oxygens (including phenoxy) is 1. The fraction of sp³-hybridized carbons (Fsp3) is 0.235. The summed E-state index contributed by atoms with van der Waals surface area (Å²) in [6.45, 7) is 2.95. The Kier molecular flexibility index (Phi) is 4.06. The van der Waals surface area contributed by atoms with Crippen LogP contribution in [0.25, 0.3) is 10.8 Å². The van der Waals surface area contributed by atoms with Crippen molar-refractivity contribution in [1.82, 2.24) is 4.98 Å². The molecule has 0 atom stereocenters. The molecule has 0 aliphatic rings. The molecule has 1 aromatic heterocycles. The lowest BCUT2D eigenvalue weighted by Crippen LogP contribution is -2.04. The van der Waals surface area contributed by atoms with Crippen LogP contribution in [0, 0.1) is 6.92 Å². The van der Waals surface area contributed by atoms with E-state index in [9.17, 15) is 0 Å². The van der Waals surface area contributed by atoms with Gasteiger partial charge in [-0.25, -0.2) is 4.98 Å². The average molecular weight is 298 g/mol. The Balaban J connectivity index is 1.76. The van der Waals surface area contributed by atoms with E-state index in [0.717, 1.165) is 23.8 Å². The molecule has 0 aliphatic carbocycles. The van der Waals surface area contributed by atoms with Gasteiger partial charge in [-0.1, -0.05) is 24.3 Å². The molecule has 21 heavy (non-hydrogen) atoms. The summed E-state index contributed by atoms with van der Waals surface area (Å²) < 4.78 is 5.33. The summed E-state index contributed by atoms with van der Waals surface area (Å²) >= 11 is 1.69. The van der Waals surface area contributed by atoms with E-state index in [1.54, 1.807) is 18.4 Å². The highest BCUT2D eigenvalue weighted by molar-refractivity contribution is 7.15. The standard InChI is InChI=1S/C17H18N2OS/c1-12-11-19-17(21-12)18-9-8-14-5-3-4-13-6-7-15(20-2)10-16(13)14/h3-7,10-11H,8-9H2,1-2H3,(H,18,19). The second-order valence-electron chi connectivity index (χ2n) is 4.96. The van der Waals surface area contributed by atoms with Crippen LogP contribution in [0.1, 0.15) is 10.4 Å². The number of benzene rings is 2. The van der Waals surface area contributed by atoms with Gasteiger partial charge in [0.2, 0.25) is 0 Å². The number of hydrogen-bond donors (Lipinski definition) is 1. The lowest BCUT2D eigenvalue weighted by atomic mass is 10.0. The van der Waals surface area contributed by atoms with Gasteiger partial charge in [0.05, 0.1) is 7.11 Å². The highest BCUT2D eigenvalue weighted by atomic mass is 32.1. The summed E-state index contributed by atoms with van der Waals surface area (Å²) in [7, 11) is 1.70. The van der Waals surface area contributed by atoms with Gasteiger partial charge in [0.15, 0.2) is 5.13 Å². The van der Waals surface area contributed by atoms with Crippen molar-refractivity contribution in [3.05, 3.63) is 53.0 Å². The van der Waals surface area contributed by atoms with Gasteiger partial charge >= 0.3 is 0 Å². The van der Waals surface area contributed by atoms with E-state index in [0.29, 0.717) is 0 Å². The van der Waals surface area contributed by atoms with Crippen molar-refractivity contribution in [2.24, 2.45) is 0 Å². The van der Waals surface area contributed by atoms with Crippen molar-refractivity contribution < 1.29 is 4.74 Å². The lowest BCUT2D eigenvalue weighted by Gasteiger charge is -2.09. The number of nitrogens with zero attached hydrogens (tertiary/aromatic N) is 1. The van der Waals surface area contributed by atoms with Crippen LogP contribution < -0.4 is 10.1 Å². The number of thiazole rings is 1. The summed E-state index contributed by atoms with van der Waals surface area (Å²) in [5, 5.41) is 6.88. The van der Waals surface area contributed by atoms with Crippen molar-refractivity contribution in [1.29, 1.82) is 0 Å². The van der Waals surface area contributed by atoms with Gasteiger partial charge in [0, 0.05) is 17.6 Å². The minimum absolute atomic E-state index is 0.878. The second kappa shape index (κ2) is 6.14. The molecule has 0 radical (unpaired) electrons. The Morgan fingerprint density at radius 1 is 1.24 bits per heavy atom. The van der Waals surface area contributed by atoms with Crippen LogP contribution in [-0.4, -0.2) is 18.6 Å². The molecule has 1 heterocycles. The summed E-state index contributed by atoms with van der Waals surface area (Å²) in [5.74, 6) is 0.901. The highest BCUT2D eigenvalue weighted by Gasteiger charge is 2.03. The van der Waals surface area contributed by atoms with E-state index in [1.807, 2.05) is 12.3 Å². The predicted octanol–water partition coefficient (Wildman–Crippen LogP) is 4.27. The Morgan fingerprint density at radius 3 is 2.90 bits per heavy atom. The molecule has 0 saturated carbocycles. The number of aryl methyl sites for hydroxylation is 1. The zero-order chi connectivity index (χ0) is 14.7. The number of aromatic nitrogens is 1. The first-order valence-electron chi connectivity index (χ1n) is 6.98. The van der Waals surface area contributed by atoms with E-state index >= 15 is 0 Å². The van der Waals surface area contributed by atoms with Crippen LogP contribution in [-0.2, 0) is 6.42 Å². The monoisotopic (exact) mass is 298 g/mol. The minimum Gasteiger partial charge on any atom is -0.497 e. The molecule has 3 rings (SSSR count). The number of hydrogen-bond acceptors (Lipinski definition) is 4. The Bertz CT molecular complexity index is 751. The molecule has 0 aliphatic heterocycles. The molecular formula is C17H18N2OS. The van der Waals surface area contributed by atoms with Gasteiger partial charge in [0.1, 0.15) is 5.75 Å². The van der Waals surface area contributed by atoms with E-state index in [-0.39, 0.29) is 0 Å². The molecule has 0 spiro atoms. The molecule has 0 bridgehead atoms. The van der Waals surface area contributed by atoms with Crippen molar-refractivity contribution in [3.8, 4) is 5.75 Å². The molecular weight excluding hydrogens is 280 g/mol. The molecule has 2 aromatic carbocycles. The summed E-state index contributed by atoms with van der Waals surface area (Å²) in [6, 6.07) is 12.6. The van der Waals surface area contributed by atoms with Gasteiger partial charge in [-0.05, 0) is 41.8 Å². The number of nitrogens with one attached hydrogen (secondary N) is 1. The van der Waals surface area contributed by atoms with Gasteiger partial charge in [-0.15, -0.1) is 11.3 Å². The van der Waals surface area contributed by atoms with Gasteiger partial charge in [-0.3, -0.25) is 0 Å². The molecule has 4 heteroatoms. The minimum atomic E-state index is 0.878. The smallest absolute Gasteiger partial charge is 0.182 e. The van der Waals surface area contributed by atoms with Crippen molar-refractivity contribution in [2.45, 2.75) is 13.3 Å². The second-order valence-corrected chi connectivity index (χ2v) is 6.19. The van der Waals surface area contributed by atoms with E-state index in [2.05, 4.69) is 47.6 Å². The molecule has 1 N–H and O–H groups in total. The number of fused-ring (bicyclic) bond motifs is 1. The predicted molar refractivity (Wildman–Crippen MR) is 89.5 cm³/mol. The summed E-state index contributed by atoms with van der Waals surface area (Å²) in [5.41, 5.74) is 1.33. The van der Waals surface area contributed by atoms with E-state index in [4.69, 9.17) is 4.74 Å². The topological polar surface area (TPSA) is 34.1 Å². The fourth-order valence-electron chi connectivity index (χ4n) is 2.40. The number of methoxy groups -OCH3 is 1. The lowest BCUT2D eigenvalue weighted by molar-refractivity contribution is 0.415. The normalized spacial score (nSPS) is 10.8. The fourth-order valence-corrected chi connectivity index (χ4v) is 3.09. The Morgan fingerprint density at radius 2 is 2.14 bits per heavy atom. The molecule has 0 saturated heterocycles. The van der Waals surface area contributed by atoms with Crippen molar-refractivity contribution in [2.75, 3.05) is 19.0 Å². The SMILES string of the molecule is COc1ccc2cccc(CCNc3ncc(C)s3)c2c1. The van der Waals surface area contributed by atoms with Crippen LogP contribution in [0.15, 0.2) is 42.6 Å². The van der Waals surface area contributed by atoms with Gasteiger partial charge in [0.25, 0.3) is 0 Å². The number of rotatable bonds is 5. The van der Waals surface area contributed by atoms with E-state index in [1.165, 1.54) is 21.2 Å². The van der Waals surface area contributed by atoms with Crippen molar-refractivity contribution >= 4 is 27.2 Å². The van der Waals surface area contributed by atoms with E-state index < -0.39 is 0 Å². The molecule has 108 valence electrons. The van der Waals surface area contributed by atoms with Crippen LogP contribution in [0.4, 0.5) is 5.13 Å². The first-order chi connectivity index (χ1) is 10.3. The Labute approximate surface area is 128 Å². The number of anilines is 1. The zero-order valence-electron chi connectivity index (χ0n) is 12.2. The largest absolute Gasteiger partial charge is 0.497 e. The zero-order valence-corrected chi connectivity index (χ0v) is 13.0. The maximum Gasteiger partial charge on any atom is 0.182 e. The average Bonchev–Trinajstić information content (AvgIpc) is 2.92. The van der Waals surface area contributed by atoms with Crippen molar-refractivity contribution in [3.63, 3.8) is 0 Å². The highest BCUT2D eigenvalue weighted by Crippen LogP contribution is 2.24. The first kappa shape index (κ1) is 13.9. The van der Waals surface area contributed by atoms with Crippen LogP contribution in [0.3, 0.4) is 0 Å². The van der Waals surface area contributed by atoms with Crippen LogP contribution in [0.2, 0.25) is 0 Å².